The molecule has 0 aromatic carbocycles. The third kappa shape index (κ3) is 1.40. The maximum Gasteiger partial charge on any atom is 0.203 e. The largest absolute Gasteiger partial charge is 0.265 e. The second-order valence-corrected chi connectivity index (χ2v) is 2.95. The van der Waals surface area contributed by atoms with Crippen LogP contribution >= 0.6 is 15.9 Å². The molecule has 3 heteroatoms. The van der Waals surface area contributed by atoms with Gasteiger partial charge in [-0.15, -0.1) is 0 Å². The summed E-state index contributed by atoms with van der Waals surface area (Å²) in [6.07, 6.45) is 4.87. The molecule has 0 aromatic heterocycles. The van der Waals surface area contributed by atoms with E-state index in [1.54, 1.807) is 12.3 Å². The van der Waals surface area contributed by atoms with Crippen LogP contribution in [0.15, 0.2) is 17.3 Å². The SMILES string of the molecule is FC1(Br)C=NC=CC1. The van der Waals surface area contributed by atoms with Gasteiger partial charge in [-0.05, 0) is 15.9 Å². The lowest BCUT2D eigenvalue weighted by atomic mass is 10.2. The molecule has 1 rings (SSSR count). The van der Waals surface area contributed by atoms with Gasteiger partial charge >= 0.3 is 0 Å². The van der Waals surface area contributed by atoms with Crippen molar-refractivity contribution in [3.63, 3.8) is 0 Å². The van der Waals surface area contributed by atoms with Crippen LogP contribution in [-0.4, -0.2) is 10.8 Å². The second-order valence-electron chi connectivity index (χ2n) is 1.63. The molecule has 0 fully saturated rings. The van der Waals surface area contributed by atoms with Crippen molar-refractivity contribution in [2.45, 2.75) is 11.0 Å². The smallest absolute Gasteiger partial charge is 0.203 e. The minimum absolute atomic E-state index is 0.372. The van der Waals surface area contributed by atoms with Crippen molar-refractivity contribution in [1.29, 1.82) is 0 Å². The van der Waals surface area contributed by atoms with Gasteiger partial charge in [0.1, 0.15) is 0 Å². The molecule has 0 radical (unpaired) electrons. The highest BCUT2D eigenvalue weighted by atomic mass is 79.9. The molecule has 8 heavy (non-hydrogen) atoms. The highest BCUT2D eigenvalue weighted by molar-refractivity contribution is 9.10. The van der Waals surface area contributed by atoms with Gasteiger partial charge in [0.25, 0.3) is 0 Å². The number of nitrogens with zero attached hydrogens (tertiary/aromatic N) is 1. The number of halogens is 2. The minimum atomic E-state index is -1.39. The summed E-state index contributed by atoms with van der Waals surface area (Å²) in [6, 6.07) is 0. The van der Waals surface area contributed by atoms with Gasteiger partial charge in [-0.3, -0.25) is 4.99 Å². The van der Waals surface area contributed by atoms with E-state index in [9.17, 15) is 4.39 Å². The first-order chi connectivity index (χ1) is 3.71. The first-order valence-electron chi connectivity index (χ1n) is 2.28. The molecule has 1 nitrogen and oxygen atoms in total. The molecule has 1 unspecified atom stereocenters. The molecular formula is C5H5BrFN. The summed E-state index contributed by atoms with van der Waals surface area (Å²) < 4.78 is 11.2. The number of alkyl halides is 2. The van der Waals surface area contributed by atoms with Crippen LogP contribution < -0.4 is 0 Å². The standard InChI is InChI=1S/C5H5BrFN/c6-5(7)2-1-3-8-4-5/h1,3-4H,2H2. The fraction of sp³-hybridized carbons (Fsp3) is 0.400. The third-order valence-electron chi connectivity index (χ3n) is 0.845. The van der Waals surface area contributed by atoms with E-state index >= 15 is 0 Å². The van der Waals surface area contributed by atoms with Gasteiger partial charge in [0, 0.05) is 12.6 Å². The topological polar surface area (TPSA) is 12.4 Å². The molecule has 44 valence electrons. The van der Waals surface area contributed by atoms with Crippen LogP contribution in [0.3, 0.4) is 0 Å². The number of hydrogen-bond donors (Lipinski definition) is 0. The molecule has 0 saturated carbocycles. The Morgan fingerprint density at radius 1 is 1.75 bits per heavy atom. The molecule has 0 amide bonds. The van der Waals surface area contributed by atoms with E-state index in [-0.39, 0.29) is 0 Å². The predicted molar refractivity (Wildman–Crippen MR) is 35.0 cm³/mol. The number of allylic oxidation sites excluding steroid dienone is 1. The summed E-state index contributed by atoms with van der Waals surface area (Å²) in [5, 5.41) is 0. The van der Waals surface area contributed by atoms with Crippen molar-refractivity contribution in [1.82, 2.24) is 0 Å². The fourth-order valence-corrected chi connectivity index (χ4v) is 0.781. The summed E-state index contributed by atoms with van der Waals surface area (Å²) >= 11 is 2.83. The lowest BCUT2D eigenvalue weighted by Crippen LogP contribution is -2.15. The van der Waals surface area contributed by atoms with Crippen LogP contribution in [0.5, 0.6) is 0 Å². The summed E-state index contributed by atoms with van der Waals surface area (Å²) in [6.45, 7) is 0. The number of aliphatic imine (C=N–C) groups is 1. The van der Waals surface area contributed by atoms with Crippen molar-refractivity contribution in [3.8, 4) is 0 Å². The lowest BCUT2D eigenvalue weighted by Gasteiger charge is -2.10. The minimum Gasteiger partial charge on any atom is -0.265 e. The zero-order chi connectivity index (χ0) is 6.04. The van der Waals surface area contributed by atoms with Crippen molar-refractivity contribution >= 4 is 22.1 Å². The van der Waals surface area contributed by atoms with Crippen molar-refractivity contribution in [2.24, 2.45) is 4.99 Å². The highest BCUT2D eigenvalue weighted by Crippen LogP contribution is 2.24. The summed E-state index contributed by atoms with van der Waals surface area (Å²) in [5.41, 5.74) is 0. The van der Waals surface area contributed by atoms with Gasteiger partial charge in [-0.25, -0.2) is 4.39 Å². The Labute approximate surface area is 55.4 Å². The van der Waals surface area contributed by atoms with Crippen molar-refractivity contribution in [2.75, 3.05) is 0 Å². The molecule has 1 atom stereocenters. The maximum atomic E-state index is 12.6. The Morgan fingerprint density at radius 2 is 2.50 bits per heavy atom. The van der Waals surface area contributed by atoms with E-state index in [0.717, 1.165) is 0 Å². The highest BCUT2D eigenvalue weighted by Gasteiger charge is 2.21. The van der Waals surface area contributed by atoms with Gasteiger partial charge in [-0.1, -0.05) is 6.08 Å². The molecule has 1 aliphatic rings. The third-order valence-corrected chi connectivity index (χ3v) is 1.37. The van der Waals surface area contributed by atoms with Gasteiger partial charge in [-0.2, -0.15) is 0 Å². The van der Waals surface area contributed by atoms with Crippen LogP contribution in [0.25, 0.3) is 0 Å². The molecule has 1 aliphatic heterocycles. The molecule has 0 bridgehead atoms. The maximum absolute atomic E-state index is 12.6. The summed E-state index contributed by atoms with van der Waals surface area (Å²) in [7, 11) is 0. The molecule has 0 N–H and O–H groups in total. The average Bonchev–Trinajstić information content (AvgIpc) is 1.65. The Morgan fingerprint density at radius 3 is 2.75 bits per heavy atom. The average molecular weight is 178 g/mol. The van der Waals surface area contributed by atoms with Crippen molar-refractivity contribution in [3.05, 3.63) is 12.3 Å². The van der Waals surface area contributed by atoms with Gasteiger partial charge < -0.3 is 0 Å². The molecule has 0 saturated heterocycles. The molecule has 0 aromatic rings. The van der Waals surface area contributed by atoms with Gasteiger partial charge in [0.2, 0.25) is 4.58 Å². The first-order valence-corrected chi connectivity index (χ1v) is 3.07. The van der Waals surface area contributed by atoms with Gasteiger partial charge in [0.05, 0.1) is 6.21 Å². The zero-order valence-electron chi connectivity index (χ0n) is 4.14. The number of hydrogen-bond acceptors (Lipinski definition) is 1. The molecule has 1 heterocycles. The summed E-state index contributed by atoms with van der Waals surface area (Å²) in [4.78, 5) is 3.60. The van der Waals surface area contributed by atoms with E-state index in [4.69, 9.17) is 0 Å². The first kappa shape index (κ1) is 5.95. The predicted octanol–water partition coefficient (Wildman–Crippen LogP) is 2.04. The normalized spacial score (nSPS) is 35.8. The Hall–Kier alpha value is -0.180. The molecular weight excluding hydrogens is 173 g/mol. The Balaban J connectivity index is 2.65. The van der Waals surface area contributed by atoms with E-state index in [2.05, 4.69) is 20.9 Å². The fourth-order valence-electron chi connectivity index (χ4n) is 0.475. The van der Waals surface area contributed by atoms with E-state index < -0.39 is 4.58 Å². The van der Waals surface area contributed by atoms with Crippen LogP contribution in [0.1, 0.15) is 6.42 Å². The Kier molecular flexibility index (Phi) is 1.47. The Bertz CT molecular complexity index is 139. The second kappa shape index (κ2) is 1.97. The molecule has 0 aliphatic carbocycles. The molecule has 0 spiro atoms. The monoisotopic (exact) mass is 177 g/mol. The van der Waals surface area contributed by atoms with Crippen LogP contribution in [0.4, 0.5) is 4.39 Å². The van der Waals surface area contributed by atoms with E-state index in [1.165, 1.54) is 6.21 Å². The van der Waals surface area contributed by atoms with E-state index in [1.807, 2.05) is 0 Å². The summed E-state index contributed by atoms with van der Waals surface area (Å²) in [5.74, 6) is 0. The lowest BCUT2D eigenvalue weighted by molar-refractivity contribution is 0.399. The van der Waals surface area contributed by atoms with Crippen LogP contribution in [-0.2, 0) is 0 Å². The van der Waals surface area contributed by atoms with Crippen LogP contribution in [0.2, 0.25) is 0 Å². The zero-order valence-corrected chi connectivity index (χ0v) is 5.73. The quantitative estimate of drug-likeness (QED) is 0.503. The van der Waals surface area contributed by atoms with Crippen molar-refractivity contribution < 1.29 is 4.39 Å². The van der Waals surface area contributed by atoms with E-state index in [0.29, 0.717) is 6.42 Å². The number of rotatable bonds is 0. The van der Waals surface area contributed by atoms with Crippen LogP contribution in [0, 0.1) is 0 Å². The van der Waals surface area contributed by atoms with Gasteiger partial charge in [0.15, 0.2) is 0 Å².